The molecule has 3 aromatic rings. The summed E-state index contributed by atoms with van der Waals surface area (Å²) in [4.78, 5) is 33.7. The highest BCUT2D eigenvalue weighted by atomic mass is 32.1. The van der Waals surface area contributed by atoms with E-state index in [-0.39, 0.29) is 17.9 Å². The van der Waals surface area contributed by atoms with E-state index >= 15 is 0 Å². The molecule has 0 bridgehead atoms. The van der Waals surface area contributed by atoms with Crippen LogP contribution in [0.2, 0.25) is 0 Å². The summed E-state index contributed by atoms with van der Waals surface area (Å²) in [5.74, 6) is 0.725. The summed E-state index contributed by atoms with van der Waals surface area (Å²) in [5.41, 5.74) is 0.605. The number of thiophene rings is 1. The van der Waals surface area contributed by atoms with E-state index in [2.05, 4.69) is 4.98 Å². The fourth-order valence-corrected chi connectivity index (χ4v) is 4.62. The Kier molecular flexibility index (Phi) is 4.85. The molecule has 1 fully saturated rings. The van der Waals surface area contributed by atoms with Crippen LogP contribution in [-0.2, 0) is 6.54 Å². The molecule has 7 heteroatoms. The number of H-pyrrole nitrogens is 1. The van der Waals surface area contributed by atoms with Crippen LogP contribution in [0.3, 0.4) is 0 Å². The molecule has 6 nitrogen and oxygen atoms in total. The monoisotopic (exact) mass is 383 g/mol. The average Bonchev–Trinajstić information content (AvgIpc) is 3.47. The largest absolute Gasteiger partial charge is 0.467 e. The van der Waals surface area contributed by atoms with E-state index in [0.29, 0.717) is 17.1 Å². The van der Waals surface area contributed by atoms with Gasteiger partial charge in [0, 0.05) is 24.7 Å². The molecule has 0 aromatic carbocycles. The van der Waals surface area contributed by atoms with Crippen molar-refractivity contribution in [2.75, 3.05) is 13.6 Å². The predicted octanol–water partition coefficient (Wildman–Crippen LogP) is 3.92. The van der Waals surface area contributed by atoms with Crippen LogP contribution in [0.1, 0.15) is 49.7 Å². The molecule has 1 saturated heterocycles. The van der Waals surface area contributed by atoms with Crippen molar-refractivity contribution < 1.29 is 14.0 Å². The first kappa shape index (κ1) is 17.6. The van der Waals surface area contributed by atoms with Crippen LogP contribution in [-0.4, -0.2) is 40.2 Å². The number of hydrogen-bond donors (Lipinski definition) is 1. The number of hydrogen-bond acceptors (Lipinski definition) is 4. The Morgan fingerprint density at radius 3 is 2.93 bits per heavy atom. The molecule has 2 amide bonds. The van der Waals surface area contributed by atoms with Crippen molar-refractivity contribution in [3.05, 3.63) is 70.1 Å². The zero-order chi connectivity index (χ0) is 18.8. The van der Waals surface area contributed by atoms with Crippen LogP contribution in [0.25, 0.3) is 0 Å². The number of nitrogens with one attached hydrogen (secondary N) is 1. The summed E-state index contributed by atoms with van der Waals surface area (Å²) >= 11 is 1.47. The second-order valence-electron chi connectivity index (χ2n) is 6.68. The highest BCUT2D eigenvalue weighted by Gasteiger charge is 2.32. The third-order valence-electron chi connectivity index (χ3n) is 4.83. The number of carbonyl (C=O) groups is 2. The lowest BCUT2D eigenvalue weighted by atomic mass is 10.2. The van der Waals surface area contributed by atoms with E-state index in [9.17, 15) is 9.59 Å². The number of nitrogens with zero attached hydrogens (tertiary/aromatic N) is 2. The van der Waals surface area contributed by atoms with Gasteiger partial charge in [0.2, 0.25) is 0 Å². The summed E-state index contributed by atoms with van der Waals surface area (Å²) < 4.78 is 5.31. The quantitative estimate of drug-likeness (QED) is 0.726. The summed E-state index contributed by atoms with van der Waals surface area (Å²) in [7, 11) is 1.76. The van der Waals surface area contributed by atoms with Gasteiger partial charge in [-0.3, -0.25) is 9.59 Å². The van der Waals surface area contributed by atoms with Crippen LogP contribution in [0.15, 0.2) is 53.3 Å². The number of carbonyl (C=O) groups excluding carboxylic acids is 2. The Bertz CT molecular complexity index is 914. The Balaban J connectivity index is 1.48. The number of rotatable bonds is 5. The van der Waals surface area contributed by atoms with E-state index in [1.165, 1.54) is 11.3 Å². The van der Waals surface area contributed by atoms with Gasteiger partial charge in [-0.25, -0.2) is 0 Å². The van der Waals surface area contributed by atoms with Crippen molar-refractivity contribution in [3.8, 4) is 0 Å². The minimum Gasteiger partial charge on any atom is -0.467 e. The topological polar surface area (TPSA) is 69.6 Å². The molecule has 27 heavy (non-hydrogen) atoms. The van der Waals surface area contributed by atoms with Crippen LogP contribution in [0, 0.1) is 0 Å². The Hall–Kier alpha value is -2.80. The zero-order valence-corrected chi connectivity index (χ0v) is 15.9. The van der Waals surface area contributed by atoms with Crippen LogP contribution in [0.5, 0.6) is 0 Å². The number of amides is 2. The molecule has 4 heterocycles. The summed E-state index contributed by atoms with van der Waals surface area (Å²) in [5, 5.41) is 0. The maximum absolute atomic E-state index is 12.7. The van der Waals surface area contributed by atoms with E-state index in [1.807, 2.05) is 35.2 Å². The van der Waals surface area contributed by atoms with Crippen LogP contribution < -0.4 is 0 Å². The van der Waals surface area contributed by atoms with E-state index in [1.54, 1.807) is 30.5 Å². The lowest BCUT2D eigenvalue weighted by Crippen LogP contribution is -2.30. The van der Waals surface area contributed by atoms with E-state index < -0.39 is 0 Å². The van der Waals surface area contributed by atoms with Gasteiger partial charge in [0.1, 0.15) is 11.5 Å². The van der Waals surface area contributed by atoms with Gasteiger partial charge in [0.15, 0.2) is 0 Å². The van der Waals surface area contributed by atoms with Crippen molar-refractivity contribution in [1.82, 2.24) is 14.8 Å². The van der Waals surface area contributed by atoms with Crippen molar-refractivity contribution >= 4 is 23.2 Å². The third kappa shape index (κ3) is 3.55. The molecule has 0 aliphatic carbocycles. The molecular formula is C20H21N3O3S. The first-order chi connectivity index (χ1) is 13.1. The lowest BCUT2D eigenvalue weighted by molar-refractivity contribution is 0.0732. The zero-order valence-electron chi connectivity index (χ0n) is 15.1. The number of aromatic amines is 1. The first-order valence-electron chi connectivity index (χ1n) is 8.95. The first-order valence-corrected chi connectivity index (χ1v) is 9.77. The number of furan rings is 1. The average molecular weight is 383 g/mol. The van der Waals surface area contributed by atoms with Crippen molar-refractivity contribution in [1.29, 1.82) is 0 Å². The molecule has 1 atom stereocenters. The molecule has 140 valence electrons. The number of likely N-dealkylation sites (tertiary alicyclic amines) is 1. The van der Waals surface area contributed by atoms with Crippen LogP contribution in [0.4, 0.5) is 0 Å². The molecular weight excluding hydrogens is 362 g/mol. The second kappa shape index (κ2) is 7.44. The summed E-state index contributed by atoms with van der Waals surface area (Å²) in [6.07, 6.45) is 5.25. The van der Waals surface area contributed by atoms with Crippen LogP contribution >= 0.6 is 11.3 Å². The Morgan fingerprint density at radius 2 is 2.19 bits per heavy atom. The fraction of sp³-hybridized carbons (Fsp3) is 0.300. The molecule has 4 rings (SSSR count). The van der Waals surface area contributed by atoms with Gasteiger partial charge in [-0.15, -0.1) is 11.3 Å². The molecule has 3 aromatic heterocycles. The van der Waals surface area contributed by atoms with Gasteiger partial charge in [-0.1, -0.05) is 0 Å². The predicted molar refractivity (Wildman–Crippen MR) is 103 cm³/mol. The van der Waals surface area contributed by atoms with Gasteiger partial charge in [0.25, 0.3) is 11.8 Å². The van der Waals surface area contributed by atoms with E-state index in [4.69, 9.17) is 4.42 Å². The van der Waals surface area contributed by atoms with E-state index in [0.717, 1.165) is 30.0 Å². The van der Waals surface area contributed by atoms with Crippen molar-refractivity contribution in [3.63, 3.8) is 0 Å². The minimum atomic E-state index is -0.0390. The minimum absolute atomic E-state index is 0.0127. The van der Waals surface area contributed by atoms with Gasteiger partial charge >= 0.3 is 0 Å². The van der Waals surface area contributed by atoms with Gasteiger partial charge in [-0.05, 0) is 49.2 Å². The molecule has 1 unspecified atom stereocenters. The molecule has 0 spiro atoms. The van der Waals surface area contributed by atoms with Gasteiger partial charge in [-0.2, -0.15) is 0 Å². The molecule has 1 aliphatic heterocycles. The third-order valence-corrected chi connectivity index (χ3v) is 6.00. The van der Waals surface area contributed by atoms with Gasteiger partial charge < -0.3 is 19.2 Å². The van der Waals surface area contributed by atoms with Gasteiger partial charge in [0.05, 0.1) is 23.7 Å². The smallest absolute Gasteiger partial charge is 0.270 e. The molecule has 1 aliphatic rings. The Labute approximate surface area is 161 Å². The second-order valence-corrected chi connectivity index (χ2v) is 7.80. The number of aromatic nitrogens is 1. The highest BCUT2D eigenvalue weighted by Crippen LogP contribution is 2.37. The standard InChI is InChI=1S/C20H21N3O3S/c1-22(13-14-5-4-12-26-14)20(25)18-9-8-17(27-18)16-7-3-11-23(16)19(24)15-6-2-10-21-15/h2,4-6,8-10,12,16,21H,3,7,11,13H2,1H3. The molecule has 0 radical (unpaired) electrons. The SMILES string of the molecule is CN(Cc1ccco1)C(=O)c1ccc(C2CCCN2C(=O)c2ccc[nH]2)s1. The fourth-order valence-electron chi connectivity index (χ4n) is 3.47. The highest BCUT2D eigenvalue weighted by molar-refractivity contribution is 7.14. The maximum atomic E-state index is 12.7. The molecule has 0 saturated carbocycles. The normalized spacial score (nSPS) is 16.6. The lowest BCUT2D eigenvalue weighted by Gasteiger charge is -2.23. The molecule has 1 N–H and O–H groups in total. The van der Waals surface area contributed by atoms with Crippen molar-refractivity contribution in [2.24, 2.45) is 0 Å². The maximum Gasteiger partial charge on any atom is 0.270 e. The van der Waals surface area contributed by atoms with Crippen molar-refractivity contribution in [2.45, 2.75) is 25.4 Å². The summed E-state index contributed by atoms with van der Waals surface area (Å²) in [6.45, 7) is 1.17. The summed E-state index contributed by atoms with van der Waals surface area (Å²) in [6, 6.07) is 11.2. The Morgan fingerprint density at radius 1 is 1.30 bits per heavy atom.